The fourth-order valence-corrected chi connectivity index (χ4v) is 3.12. The third kappa shape index (κ3) is 4.10. The SMILES string of the molecule is Cc1ccc(CN2CCN(Cc3ccccc3Cl)CC2)cc1. The van der Waals surface area contributed by atoms with Gasteiger partial charge < -0.3 is 0 Å². The normalized spacial score (nSPS) is 16.8. The lowest BCUT2D eigenvalue weighted by molar-refractivity contribution is 0.122. The summed E-state index contributed by atoms with van der Waals surface area (Å²) in [6.07, 6.45) is 0. The van der Waals surface area contributed by atoms with Gasteiger partial charge in [0.15, 0.2) is 0 Å². The van der Waals surface area contributed by atoms with Gasteiger partial charge in [0.05, 0.1) is 0 Å². The predicted molar refractivity (Wildman–Crippen MR) is 93.2 cm³/mol. The second kappa shape index (κ2) is 7.28. The van der Waals surface area contributed by atoms with Gasteiger partial charge in [-0.25, -0.2) is 0 Å². The molecule has 2 aromatic rings. The Balaban J connectivity index is 1.50. The molecule has 1 aliphatic rings. The Morgan fingerprint density at radius 2 is 1.41 bits per heavy atom. The van der Waals surface area contributed by atoms with E-state index in [0.717, 1.165) is 44.3 Å². The summed E-state index contributed by atoms with van der Waals surface area (Å²) in [7, 11) is 0. The Bertz CT molecular complexity index is 601. The molecular formula is C19H23ClN2. The molecular weight excluding hydrogens is 292 g/mol. The minimum absolute atomic E-state index is 0.879. The van der Waals surface area contributed by atoms with Crippen molar-refractivity contribution in [1.29, 1.82) is 0 Å². The highest BCUT2D eigenvalue weighted by Crippen LogP contribution is 2.18. The van der Waals surface area contributed by atoms with Crippen LogP contribution in [0.2, 0.25) is 5.02 Å². The average Bonchev–Trinajstić information content (AvgIpc) is 2.54. The van der Waals surface area contributed by atoms with E-state index in [4.69, 9.17) is 11.6 Å². The van der Waals surface area contributed by atoms with Crippen LogP contribution in [0.5, 0.6) is 0 Å². The van der Waals surface area contributed by atoms with Gasteiger partial charge in [-0.15, -0.1) is 0 Å². The van der Waals surface area contributed by atoms with Crippen molar-refractivity contribution >= 4 is 11.6 Å². The van der Waals surface area contributed by atoms with E-state index in [1.54, 1.807) is 0 Å². The van der Waals surface area contributed by atoms with Crippen LogP contribution in [0.25, 0.3) is 0 Å². The van der Waals surface area contributed by atoms with Gasteiger partial charge >= 0.3 is 0 Å². The van der Waals surface area contributed by atoms with Gasteiger partial charge in [-0.05, 0) is 24.1 Å². The van der Waals surface area contributed by atoms with Gasteiger partial charge in [-0.3, -0.25) is 9.80 Å². The summed E-state index contributed by atoms with van der Waals surface area (Å²) < 4.78 is 0. The third-order valence-electron chi connectivity index (χ3n) is 4.34. The molecule has 1 heterocycles. The fraction of sp³-hybridized carbons (Fsp3) is 0.368. The molecule has 1 fully saturated rings. The van der Waals surface area contributed by atoms with E-state index >= 15 is 0 Å². The van der Waals surface area contributed by atoms with Crippen LogP contribution in [0, 0.1) is 6.92 Å². The zero-order valence-corrected chi connectivity index (χ0v) is 13.9. The number of benzene rings is 2. The summed E-state index contributed by atoms with van der Waals surface area (Å²) >= 11 is 6.26. The zero-order valence-electron chi connectivity index (χ0n) is 13.1. The molecule has 0 bridgehead atoms. The average molecular weight is 315 g/mol. The van der Waals surface area contributed by atoms with Crippen LogP contribution in [-0.2, 0) is 13.1 Å². The van der Waals surface area contributed by atoms with E-state index in [-0.39, 0.29) is 0 Å². The molecule has 0 radical (unpaired) electrons. The highest BCUT2D eigenvalue weighted by atomic mass is 35.5. The number of piperazine rings is 1. The van der Waals surface area contributed by atoms with Crippen molar-refractivity contribution < 1.29 is 0 Å². The molecule has 0 aromatic heterocycles. The first-order valence-electron chi connectivity index (χ1n) is 7.94. The van der Waals surface area contributed by atoms with Gasteiger partial charge in [0.2, 0.25) is 0 Å². The minimum atomic E-state index is 0.879. The minimum Gasteiger partial charge on any atom is -0.297 e. The number of nitrogens with zero attached hydrogens (tertiary/aromatic N) is 2. The molecule has 2 aromatic carbocycles. The maximum atomic E-state index is 6.26. The Morgan fingerprint density at radius 1 is 0.818 bits per heavy atom. The molecule has 0 N–H and O–H groups in total. The first-order chi connectivity index (χ1) is 10.7. The molecule has 1 aliphatic heterocycles. The van der Waals surface area contributed by atoms with Crippen LogP contribution in [0.4, 0.5) is 0 Å². The molecule has 116 valence electrons. The van der Waals surface area contributed by atoms with Crippen LogP contribution < -0.4 is 0 Å². The van der Waals surface area contributed by atoms with E-state index in [1.807, 2.05) is 12.1 Å². The number of rotatable bonds is 4. The van der Waals surface area contributed by atoms with Crippen molar-refractivity contribution in [2.24, 2.45) is 0 Å². The lowest BCUT2D eigenvalue weighted by atomic mass is 10.1. The number of aryl methyl sites for hydroxylation is 1. The summed E-state index contributed by atoms with van der Waals surface area (Å²) in [6.45, 7) is 8.61. The number of halogens is 1. The Kier molecular flexibility index (Phi) is 5.14. The van der Waals surface area contributed by atoms with Crippen molar-refractivity contribution in [3.8, 4) is 0 Å². The third-order valence-corrected chi connectivity index (χ3v) is 4.71. The molecule has 0 spiro atoms. The smallest absolute Gasteiger partial charge is 0.0451 e. The standard InChI is InChI=1S/C19H23ClN2/c1-16-6-8-17(9-7-16)14-21-10-12-22(13-11-21)15-18-4-2-3-5-19(18)20/h2-9H,10-15H2,1H3. The predicted octanol–water partition coefficient (Wildman–Crippen LogP) is 3.97. The lowest BCUT2D eigenvalue weighted by Gasteiger charge is -2.34. The summed E-state index contributed by atoms with van der Waals surface area (Å²) in [5, 5.41) is 0.879. The monoisotopic (exact) mass is 314 g/mol. The van der Waals surface area contributed by atoms with Gasteiger partial charge in [-0.2, -0.15) is 0 Å². The van der Waals surface area contributed by atoms with Crippen LogP contribution in [0.3, 0.4) is 0 Å². The molecule has 3 rings (SSSR count). The molecule has 0 atom stereocenters. The van der Waals surface area contributed by atoms with E-state index in [2.05, 4.69) is 53.1 Å². The zero-order chi connectivity index (χ0) is 15.4. The maximum Gasteiger partial charge on any atom is 0.0451 e. The Labute approximate surface area is 138 Å². The van der Waals surface area contributed by atoms with Crippen LogP contribution in [-0.4, -0.2) is 36.0 Å². The van der Waals surface area contributed by atoms with Crippen molar-refractivity contribution in [2.45, 2.75) is 20.0 Å². The second-order valence-corrected chi connectivity index (χ2v) is 6.54. The summed E-state index contributed by atoms with van der Waals surface area (Å²) in [6, 6.07) is 17.0. The van der Waals surface area contributed by atoms with Gasteiger partial charge in [0, 0.05) is 44.3 Å². The fourth-order valence-electron chi connectivity index (χ4n) is 2.92. The van der Waals surface area contributed by atoms with Crippen LogP contribution >= 0.6 is 11.6 Å². The summed E-state index contributed by atoms with van der Waals surface area (Å²) in [5.74, 6) is 0. The van der Waals surface area contributed by atoms with Crippen LogP contribution in [0.1, 0.15) is 16.7 Å². The molecule has 1 saturated heterocycles. The maximum absolute atomic E-state index is 6.26. The largest absolute Gasteiger partial charge is 0.297 e. The molecule has 3 heteroatoms. The first-order valence-corrected chi connectivity index (χ1v) is 8.32. The van der Waals surface area contributed by atoms with Crippen molar-refractivity contribution in [3.05, 3.63) is 70.2 Å². The second-order valence-electron chi connectivity index (χ2n) is 6.13. The highest BCUT2D eigenvalue weighted by molar-refractivity contribution is 6.31. The topological polar surface area (TPSA) is 6.48 Å². The number of hydrogen-bond acceptors (Lipinski definition) is 2. The summed E-state index contributed by atoms with van der Waals surface area (Å²) in [4.78, 5) is 5.03. The summed E-state index contributed by atoms with van der Waals surface area (Å²) in [5.41, 5.74) is 3.97. The van der Waals surface area contributed by atoms with Crippen molar-refractivity contribution in [1.82, 2.24) is 9.80 Å². The Hall–Kier alpha value is -1.35. The quantitative estimate of drug-likeness (QED) is 0.842. The van der Waals surface area contributed by atoms with Crippen LogP contribution in [0.15, 0.2) is 48.5 Å². The Morgan fingerprint density at radius 3 is 2.05 bits per heavy atom. The molecule has 22 heavy (non-hydrogen) atoms. The van der Waals surface area contributed by atoms with E-state index < -0.39 is 0 Å². The lowest BCUT2D eigenvalue weighted by Crippen LogP contribution is -2.45. The number of hydrogen-bond donors (Lipinski definition) is 0. The highest BCUT2D eigenvalue weighted by Gasteiger charge is 2.17. The molecule has 0 amide bonds. The van der Waals surface area contributed by atoms with Crippen molar-refractivity contribution in [2.75, 3.05) is 26.2 Å². The van der Waals surface area contributed by atoms with E-state index in [9.17, 15) is 0 Å². The van der Waals surface area contributed by atoms with E-state index in [1.165, 1.54) is 16.7 Å². The molecule has 0 unspecified atom stereocenters. The van der Waals surface area contributed by atoms with Gasteiger partial charge in [-0.1, -0.05) is 59.6 Å². The molecule has 2 nitrogen and oxygen atoms in total. The van der Waals surface area contributed by atoms with Crippen molar-refractivity contribution in [3.63, 3.8) is 0 Å². The molecule has 0 saturated carbocycles. The van der Waals surface area contributed by atoms with E-state index in [0.29, 0.717) is 0 Å². The van der Waals surface area contributed by atoms with Gasteiger partial charge in [0.25, 0.3) is 0 Å². The van der Waals surface area contributed by atoms with Gasteiger partial charge in [0.1, 0.15) is 0 Å². The molecule has 0 aliphatic carbocycles. The first kappa shape index (κ1) is 15.5.